The zero-order valence-electron chi connectivity index (χ0n) is 17.5. The van der Waals surface area contributed by atoms with Crippen LogP contribution in [0.1, 0.15) is 39.4 Å². The number of esters is 1. The number of furan rings is 1. The Kier molecular flexibility index (Phi) is 6.89. The summed E-state index contributed by atoms with van der Waals surface area (Å²) in [4.78, 5) is 26.3. The summed E-state index contributed by atoms with van der Waals surface area (Å²) in [5.41, 5.74) is 1.72. The third kappa shape index (κ3) is 4.69. The summed E-state index contributed by atoms with van der Waals surface area (Å²) in [6.45, 7) is 0. The number of methoxy groups -OCH3 is 1. The summed E-state index contributed by atoms with van der Waals surface area (Å²) in [6, 6.07) is 10.4. The fourth-order valence-corrected chi connectivity index (χ4v) is 5.37. The van der Waals surface area contributed by atoms with Crippen LogP contribution in [0.3, 0.4) is 0 Å². The van der Waals surface area contributed by atoms with Crippen molar-refractivity contribution in [2.24, 2.45) is 0 Å². The molecule has 1 aromatic carbocycles. The van der Waals surface area contributed by atoms with Crippen LogP contribution in [0.15, 0.2) is 40.3 Å². The summed E-state index contributed by atoms with van der Waals surface area (Å²) in [7, 11) is 1.31. The summed E-state index contributed by atoms with van der Waals surface area (Å²) in [5.74, 6) is -0.391. The van der Waals surface area contributed by atoms with E-state index >= 15 is 0 Å². The molecule has 0 saturated carbocycles. The average Bonchev–Trinajstić information content (AvgIpc) is 3.42. The van der Waals surface area contributed by atoms with E-state index in [9.17, 15) is 14.9 Å². The maximum absolute atomic E-state index is 12.9. The Labute approximate surface area is 204 Å². The number of hydrogen-bond donors (Lipinski definition) is 1. The molecule has 1 N–H and O–H groups in total. The van der Waals surface area contributed by atoms with E-state index in [1.54, 1.807) is 30.3 Å². The first-order valence-corrected chi connectivity index (χ1v) is 11.7. The summed E-state index contributed by atoms with van der Waals surface area (Å²) >= 11 is 13.7. The maximum Gasteiger partial charge on any atom is 0.341 e. The van der Waals surface area contributed by atoms with Crippen LogP contribution in [0.25, 0.3) is 17.4 Å². The Bertz CT molecular complexity index is 1320. The van der Waals surface area contributed by atoms with Crippen LogP contribution in [0, 0.1) is 11.3 Å². The number of halogens is 2. The van der Waals surface area contributed by atoms with Gasteiger partial charge in [0.1, 0.15) is 28.2 Å². The number of rotatable bonds is 5. The molecule has 0 bridgehead atoms. The average molecular weight is 501 g/mol. The van der Waals surface area contributed by atoms with Crippen LogP contribution in [-0.2, 0) is 22.4 Å². The number of carbonyl (C=O) groups excluding carboxylic acids is 2. The molecule has 1 aliphatic carbocycles. The number of nitrogens with one attached hydrogen (secondary N) is 1. The third-order valence-electron chi connectivity index (χ3n) is 5.28. The van der Waals surface area contributed by atoms with Crippen molar-refractivity contribution in [2.75, 3.05) is 12.4 Å². The number of amides is 1. The van der Waals surface area contributed by atoms with Crippen molar-refractivity contribution in [3.8, 4) is 17.4 Å². The minimum Gasteiger partial charge on any atom is -0.465 e. The molecule has 0 radical (unpaired) electrons. The number of hydrogen-bond acceptors (Lipinski definition) is 6. The van der Waals surface area contributed by atoms with Crippen LogP contribution < -0.4 is 5.32 Å². The molecule has 2 aromatic heterocycles. The summed E-state index contributed by atoms with van der Waals surface area (Å²) < 4.78 is 10.7. The monoisotopic (exact) mass is 500 g/mol. The topological polar surface area (TPSA) is 92.3 Å². The highest BCUT2D eigenvalue weighted by molar-refractivity contribution is 7.17. The van der Waals surface area contributed by atoms with Gasteiger partial charge in [-0.2, -0.15) is 5.26 Å². The molecule has 0 atom stereocenters. The highest BCUT2D eigenvalue weighted by atomic mass is 35.5. The SMILES string of the molecule is COC(=O)c1c(NC(=O)C(C#N)=Cc2ccc(-c3cccc(Cl)c3Cl)o2)sc2c1CCCC2. The van der Waals surface area contributed by atoms with Gasteiger partial charge in [-0.1, -0.05) is 29.3 Å². The van der Waals surface area contributed by atoms with Gasteiger partial charge in [0.2, 0.25) is 0 Å². The normalized spacial score (nSPS) is 13.2. The van der Waals surface area contributed by atoms with E-state index in [1.165, 1.54) is 24.5 Å². The van der Waals surface area contributed by atoms with Crippen molar-refractivity contribution >= 4 is 57.5 Å². The molecule has 0 aliphatic heterocycles. The lowest BCUT2D eigenvalue weighted by Gasteiger charge is -2.11. The van der Waals surface area contributed by atoms with E-state index in [1.807, 2.05) is 6.07 Å². The molecule has 168 valence electrons. The lowest BCUT2D eigenvalue weighted by Crippen LogP contribution is -2.16. The fraction of sp³-hybridized carbons (Fsp3) is 0.208. The second kappa shape index (κ2) is 9.84. The molecular formula is C24H18Cl2N2O4S. The number of benzene rings is 1. The zero-order chi connectivity index (χ0) is 23.5. The van der Waals surface area contributed by atoms with E-state index in [2.05, 4.69) is 5.32 Å². The highest BCUT2D eigenvalue weighted by Crippen LogP contribution is 2.39. The molecule has 0 unspecified atom stereocenters. The van der Waals surface area contributed by atoms with Gasteiger partial charge in [-0.3, -0.25) is 4.79 Å². The van der Waals surface area contributed by atoms with Gasteiger partial charge in [-0.25, -0.2) is 4.79 Å². The molecule has 0 saturated heterocycles. The van der Waals surface area contributed by atoms with Crippen molar-refractivity contribution < 1.29 is 18.7 Å². The minimum atomic E-state index is -0.639. The van der Waals surface area contributed by atoms with Crippen LogP contribution in [-0.4, -0.2) is 19.0 Å². The summed E-state index contributed by atoms with van der Waals surface area (Å²) in [6.07, 6.45) is 4.95. The molecule has 0 spiro atoms. The van der Waals surface area contributed by atoms with Gasteiger partial charge in [0.25, 0.3) is 5.91 Å². The molecule has 9 heteroatoms. The number of aryl methyl sites for hydroxylation is 1. The predicted octanol–water partition coefficient (Wildman–Crippen LogP) is 6.53. The molecule has 1 aliphatic rings. The van der Waals surface area contributed by atoms with Crippen molar-refractivity contribution in [1.82, 2.24) is 0 Å². The first-order chi connectivity index (χ1) is 15.9. The molecule has 33 heavy (non-hydrogen) atoms. The van der Waals surface area contributed by atoms with E-state index in [0.29, 0.717) is 37.7 Å². The molecule has 3 aromatic rings. The van der Waals surface area contributed by atoms with Crippen LogP contribution in [0.5, 0.6) is 0 Å². The van der Waals surface area contributed by atoms with Crippen LogP contribution >= 0.6 is 34.5 Å². The first-order valence-electron chi connectivity index (χ1n) is 10.1. The minimum absolute atomic E-state index is 0.171. The van der Waals surface area contributed by atoms with E-state index < -0.39 is 11.9 Å². The van der Waals surface area contributed by atoms with Gasteiger partial charge in [-0.15, -0.1) is 11.3 Å². The number of thiophene rings is 1. The molecular weight excluding hydrogens is 483 g/mol. The molecule has 2 heterocycles. The number of fused-ring (bicyclic) bond motifs is 1. The van der Waals surface area contributed by atoms with Gasteiger partial charge >= 0.3 is 5.97 Å². The van der Waals surface area contributed by atoms with Crippen molar-refractivity contribution in [2.45, 2.75) is 25.7 Å². The largest absolute Gasteiger partial charge is 0.465 e. The molecule has 1 amide bonds. The Morgan fingerprint density at radius 1 is 1.21 bits per heavy atom. The Balaban J connectivity index is 1.61. The predicted molar refractivity (Wildman–Crippen MR) is 129 cm³/mol. The standard InChI is InChI=1S/C24H18Cl2N2O4S/c1-31-24(30)20-16-5-2-3-8-19(16)33-23(20)28-22(29)13(12-27)11-14-9-10-18(32-14)15-6-4-7-17(25)21(15)26/h4,6-7,9-11H,2-3,5,8H2,1H3,(H,28,29). The lowest BCUT2D eigenvalue weighted by molar-refractivity contribution is -0.112. The third-order valence-corrected chi connectivity index (χ3v) is 7.31. The van der Waals surface area contributed by atoms with E-state index in [-0.39, 0.29) is 5.57 Å². The summed E-state index contributed by atoms with van der Waals surface area (Å²) in [5, 5.41) is 13.4. The smallest absolute Gasteiger partial charge is 0.341 e. The van der Waals surface area contributed by atoms with Crippen molar-refractivity contribution in [1.29, 1.82) is 5.26 Å². The van der Waals surface area contributed by atoms with Crippen LogP contribution in [0.4, 0.5) is 5.00 Å². The van der Waals surface area contributed by atoms with Crippen LogP contribution in [0.2, 0.25) is 10.0 Å². The Morgan fingerprint density at radius 3 is 2.76 bits per heavy atom. The van der Waals surface area contributed by atoms with Crippen molar-refractivity contribution in [3.05, 3.63) is 67.7 Å². The number of ether oxygens (including phenoxy) is 1. The lowest BCUT2D eigenvalue weighted by atomic mass is 9.95. The quantitative estimate of drug-likeness (QED) is 0.244. The molecule has 6 nitrogen and oxygen atoms in total. The van der Waals surface area contributed by atoms with Gasteiger partial charge in [-0.05, 0) is 55.5 Å². The molecule has 4 rings (SSSR count). The number of nitriles is 1. The van der Waals surface area contributed by atoms with Crippen molar-refractivity contribution in [3.63, 3.8) is 0 Å². The Morgan fingerprint density at radius 2 is 2.00 bits per heavy atom. The second-order valence-electron chi connectivity index (χ2n) is 7.33. The first kappa shape index (κ1) is 23.1. The van der Waals surface area contributed by atoms with E-state index in [4.69, 9.17) is 32.4 Å². The van der Waals surface area contributed by atoms with Gasteiger partial charge in [0.05, 0.1) is 22.7 Å². The number of anilines is 1. The van der Waals surface area contributed by atoms with E-state index in [0.717, 1.165) is 36.1 Å². The number of nitrogens with zero attached hydrogens (tertiary/aromatic N) is 1. The second-order valence-corrected chi connectivity index (χ2v) is 9.22. The van der Waals surface area contributed by atoms with Gasteiger partial charge < -0.3 is 14.5 Å². The fourth-order valence-electron chi connectivity index (χ4n) is 3.70. The number of carbonyl (C=O) groups is 2. The zero-order valence-corrected chi connectivity index (χ0v) is 19.9. The Hall–Kier alpha value is -3.05. The highest BCUT2D eigenvalue weighted by Gasteiger charge is 2.27. The van der Waals surface area contributed by atoms with Gasteiger partial charge in [0, 0.05) is 16.5 Å². The molecule has 0 fully saturated rings. The van der Waals surface area contributed by atoms with Gasteiger partial charge in [0.15, 0.2) is 0 Å². The maximum atomic E-state index is 12.9.